The van der Waals surface area contributed by atoms with Gasteiger partial charge in [-0.1, -0.05) is 30.3 Å². The summed E-state index contributed by atoms with van der Waals surface area (Å²) in [6.07, 6.45) is 1.37. The highest BCUT2D eigenvalue weighted by Gasteiger charge is 2.35. The zero-order chi connectivity index (χ0) is 21.1. The summed E-state index contributed by atoms with van der Waals surface area (Å²) in [7, 11) is 0. The molecule has 4 rings (SSSR count). The highest BCUT2D eigenvalue weighted by atomic mass is 19.1. The highest BCUT2D eigenvalue weighted by molar-refractivity contribution is 5.83. The van der Waals surface area contributed by atoms with Crippen LogP contribution in [-0.4, -0.2) is 35.4 Å². The van der Waals surface area contributed by atoms with E-state index in [9.17, 15) is 14.0 Å². The third kappa shape index (κ3) is 3.98. The van der Waals surface area contributed by atoms with Crippen molar-refractivity contribution in [1.82, 2.24) is 15.1 Å². The third-order valence-corrected chi connectivity index (χ3v) is 5.86. The topological polar surface area (TPSA) is 73.2 Å². The average Bonchev–Trinajstić information content (AvgIpc) is 2.76. The second-order valence-corrected chi connectivity index (χ2v) is 7.77. The predicted octanol–water partition coefficient (Wildman–Crippen LogP) is 2.71. The number of halogens is 1. The van der Waals surface area contributed by atoms with Crippen LogP contribution in [0.15, 0.2) is 53.3 Å². The second-order valence-electron chi connectivity index (χ2n) is 7.77. The summed E-state index contributed by atoms with van der Waals surface area (Å²) in [5.41, 5.74) is 0.854. The Hall–Kier alpha value is -3.06. The Bertz CT molecular complexity index is 1140. The molecule has 2 aromatic carbocycles. The van der Waals surface area contributed by atoms with Crippen molar-refractivity contribution in [2.75, 3.05) is 19.8 Å². The molecule has 1 aliphatic rings. The van der Waals surface area contributed by atoms with Crippen LogP contribution in [0.3, 0.4) is 0 Å². The first-order valence-corrected chi connectivity index (χ1v) is 10.1. The molecule has 156 valence electrons. The first kappa shape index (κ1) is 20.2. The lowest BCUT2D eigenvalue weighted by molar-refractivity contribution is -0.122. The number of rotatable bonds is 5. The van der Waals surface area contributed by atoms with Gasteiger partial charge in [-0.25, -0.2) is 9.07 Å². The third-order valence-electron chi connectivity index (χ3n) is 5.86. The van der Waals surface area contributed by atoms with E-state index in [1.807, 2.05) is 25.1 Å². The van der Waals surface area contributed by atoms with E-state index >= 15 is 0 Å². The van der Waals surface area contributed by atoms with Crippen LogP contribution >= 0.6 is 0 Å². The Morgan fingerprint density at radius 3 is 2.63 bits per heavy atom. The first-order valence-electron chi connectivity index (χ1n) is 10.1. The van der Waals surface area contributed by atoms with Crippen molar-refractivity contribution in [2.24, 2.45) is 0 Å². The molecule has 0 bridgehead atoms. The van der Waals surface area contributed by atoms with Crippen LogP contribution < -0.4 is 10.9 Å². The van der Waals surface area contributed by atoms with E-state index < -0.39 is 5.41 Å². The molecule has 0 spiro atoms. The molecule has 6 nitrogen and oxygen atoms in total. The minimum atomic E-state index is -0.395. The van der Waals surface area contributed by atoms with Gasteiger partial charge in [0.25, 0.3) is 5.56 Å². The highest BCUT2D eigenvalue weighted by Crippen LogP contribution is 2.34. The number of amides is 1. The Balaban J connectivity index is 1.53. The van der Waals surface area contributed by atoms with Gasteiger partial charge in [0.1, 0.15) is 12.4 Å². The van der Waals surface area contributed by atoms with E-state index in [0.29, 0.717) is 43.7 Å². The lowest BCUT2D eigenvalue weighted by Gasteiger charge is -2.38. The van der Waals surface area contributed by atoms with Crippen LogP contribution in [0.5, 0.6) is 0 Å². The number of nitrogens with zero attached hydrogens (tertiary/aromatic N) is 2. The van der Waals surface area contributed by atoms with E-state index in [0.717, 1.165) is 10.9 Å². The molecule has 1 N–H and O–H groups in total. The Morgan fingerprint density at radius 2 is 1.90 bits per heavy atom. The number of benzene rings is 2. The molecular weight excluding hydrogens is 385 g/mol. The average molecular weight is 409 g/mol. The van der Waals surface area contributed by atoms with Crippen molar-refractivity contribution in [3.63, 3.8) is 0 Å². The van der Waals surface area contributed by atoms with Gasteiger partial charge in [-0.15, -0.1) is 0 Å². The number of hydrogen-bond donors (Lipinski definition) is 1. The molecule has 0 unspecified atom stereocenters. The summed E-state index contributed by atoms with van der Waals surface area (Å²) in [4.78, 5) is 25.4. The van der Waals surface area contributed by atoms with Gasteiger partial charge in [0, 0.05) is 30.6 Å². The Kier molecular flexibility index (Phi) is 5.63. The smallest absolute Gasteiger partial charge is 0.275 e. The Labute approximate surface area is 173 Å². The summed E-state index contributed by atoms with van der Waals surface area (Å²) in [6, 6.07) is 13.7. The van der Waals surface area contributed by atoms with Gasteiger partial charge in [-0.2, -0.15) is 5.10 Å². The fraction of sp³-hybridized carbons (Fsp3) is 0.348. The van der Waals surface area contributed by atoms with Gasteiger partial charge in [-0.3, -0.25) is 9.59 Å². The molecule has 0 atom stereocenters. The SMILES string of the molecule is Cc1nn(CC(=O)NCC2(c3cccc(F)c3)CCOCC2)c(=O)c2ccccc12. The normalized spacial score (nSPS) is 15.8. The lowest BCUT2D eigenvalue weighted by Crippen LogP contribution is -2.46. The van der Waals surface area contributed by atoms with Gasteiger partial charge in [0.05, 0.1) is 11.1 Å². The fourth-order valence-corrected chi connectivity index (χ4v) is 4.12. The number of aromatic nitrogens is 2. The molecule has 1 saturated heterocycles. The molecule has 0 saturated carbocycles. The minimum absolute atomic E-state index is 0.166. The quantitative estimate of drug-likeness (QED) is 0.703. The number of carbonyl (C=O) groups excluding carboxylic acids is 1. The number of hydrogen-bond acceptors (Lipinski definition) is 4. The molecule has 1 aromatic heterocycles. The number of nitrogens with one attached hydrogen (secondary N) is 1. The van der Waals surface area contributed by atoms with E-state index in [2.05, 4.69) is 10.4 Å². The summed E-state index contributed by atoms with van der Waals surface area (Å²) < 4.78 is 20.5. The number of ether oxygens (including phenoxy) is 1. The van der Waals surface area contributed by atoms with Crippen molar-refractivity contribution in [3.8, 4) is 0 Å². The molecule has 7 heteroatoms. The molecule has 1 amide bonds. The van der Waals surface area contributed by atoms with Gasteiger partial charge >= 0.3 is 0 Å². The van der Waals surface area contributed by atoms with Crippen molar-refractivity contribution in [1.29, 1.82) is 0 Å². The van der Waals surface area contributed by atoms with E-state index in [1.54, 1.807) is 18.2 Å². The van der Waals surface area contributed by atoms with Crippen LogP contribution in [0.1, 0.15) is 24.1 Å². The number of fused-ring (bicyclic) bond motifs is 1. The summed E-state index contributed by atoms with van der Waals surface area (Å²) in [6.45, 7) is 3.10. The van der Waals surface area contributed by atoms with Crippen LogP contribution in [0.25, 0.3) is 10.8 Å². The molecule has 3 aromatic rings. The molecule has 2 heterocycles. The Morgan fingerprint density at radius 1 is 1.17 bits per heavy atom. The summed E-state index contributed by atoms with van der Waals surface area (Å²) >= 11 is 0. The minimum Gasteiger partial charge on any atom is -0.381 e. The zero-order valence-corrected chi connectivity index (χ0v) is 16.9. The van der Waals surface area contributed by atoms with Crippen molar-refractivity contribution in [2.45, 2.75) is 31.7 Å². The maximum Gasteiger partial charge on any atom is 0.275 e. The number of aryl methyl sites for hydroxylation is 1. The predicted molar refractivity (Wildman–Crippen MR) is 112 cm³/mol. The van der Waals surface area contributed by atoms with Gasteiger partial charge < -0.3 is 10.1 Å². The van der Waals surface area contributed by atoms with Crippen molar-refractivity contribution >= 4 is 16.7 Å². The van der Waals surface area contributed by atoms with Crippen LogP contribution in [-0.2, 0) is 21.5 Å². The van der Waals surface area contributed by atoms with E-state index in [-0.39, 0.29) is 23.8 Å². The molecule has 30 heavy (non-hydrogen) atoms. The van der Waals surface area contributed by atoms with Crippen LogP contribution in [0, 0.1) is 12.7 Å². The number of carbonyl (C=O) groups is 1. The zero-order valence-electron chi connectivity index (χ0n) is 16.9. The van der Waals surface area contributed by atoms with E-state index in [1.165, 1.54) is 16.8 Å². The summed E-state index contributed by atoms with van der Waals surface area (Å²) in [5, 5.41) is 8.56. The van der Waals surface area contributed by atoms with Crippen molar-refractivity contribution < 1.29 is 13.9 Å². The summed E-state index contributed by atoms with van der Waals surface area (Å²) in [5.74, 6) is -0.603. The van der Waals surface area contributed by atoms with Gasteiger partial charge in [0.15, 0.2) is 0 Å². The lowest BCUT2D eigenvalue weighted by atomic mass is 9.74. The molecule has 1 aliphatic heterocycles. The monoisotopic (exact) mass is 409 g/mol. The maximum atomic E-state index is 13.8. The fourth-order valence-electron chi connectivity index (χ4n) is 4.12. The maximum absolute atomic E-state index is 13.8. The van der Waals surface area contributed by atoms with Crippen LogP contribution in [0.2, 0.25) is 0 Å². The molecular formula is C23H24FN3O3. The molecule has 0 radical (unpaired) electrons. The van der Waals surface area contributed by atoms with Crippen LogP contribution in [0.4, 0.5) is 4.39 Å². The van der Waals surface area contributed by atoms with Gasteiger partial charge in [0.2, 0.25) is 5.91 Å². The standard InChI is InChI=1S/C23H24FN3O3/c1-16-19-7-2-3-8-20(19)22(29)27(26-16)14-21(28)25-15-23(9-11-30-12-10-23)17-5-4-6-18(24)13-17/h2-8,13H,9-12,14-15H2,1H3,(H,25,28). The van der Waals surface area contributed by atoms with E-state index in [4.69, 9.17) is 4.74 Å². The first-order chi connectivity index (χ1) is 14.5. The van der Waals surface area contributed by atoms with Gasteiger partial charge in [-0.05, 0) is 43.5 Å². The second kappa shape index (κ2) is 8.36. The largest absolute Gasteiger partial charge is 0.381 e. The molecule has 1 fully saturated rings. The van der Waals surface area contributed by atoms with Crippen molar-refractivity contribution in [3.05, 3.63) is 76.0 Å². The molecule has 0 aliphatic carbocycles.